The minimum absolute atomic E-state index is 0.118. The SMILES string of the molecule is C[C@@H](C(=O)c1ccc(CCNCC(N)S(=O)(=O)c2ccccc2)cc1)N(C(=O)N1CCOCC1)c1ccc2ccccc2c1. The van der Waals surface area contributed by atoms with Gasteiger partial charge in [0.15, 0.2) is 15.6 Å². The van der Waals surface area contributed by atoms with E-state index in [1.807, 2.05) is 54.6 Å². The first-order valence-electron chi connectivity index (χ1n) is 14.8. The van der Waals surface area contributed by atoms with Crippen LogP contribution in [0.2, 0.25) is 0 Å². The standard InChI is InChI=1S/C34H38N4O5S/c1-25(38(34(40)37-19-21-43-22-20-37)30-16-15-27-7-5-6-8-29(27)23-30)33(39)28-13-11-26(12-14-28)17-18-36-24-32(35)44(41,42)31-9-3-2-4-10-31/h2-16,23,25,32,36H,17-22,24,35H2,1H3/t25-,32?/m0/s1. The molecule has 1 aliphatic heterocycles. The molecular weight excluding hydrogens is 576 g/mol. The third kappa shape index (κ3) is 7.16. The Kier molecular flexibility index (Phi) is 10.1. The highest BCUT2D eigenvalue weighted by atomic mass is 32.2. The fourth-order valence-electron chi connectivity index (χ4n) is 5.30. The Morgan fingerprint density at radius 3 is 2.27 bits per heavy atom. The van der Waals surface area contributed by atoms with Gasteiger partial charge in [0.05, 0.1) is 24.2 Å². The molecule has 0 bridgehead atoms. The Labute approximate surface area is 258 Å². The lowest BCUT2D eigenvalue weighted by Gasteiger charge is -2.36. The summed E-state index contributed by atoms with van der Waals surface area (Å²) in [6, 6.07) is 28.3. The van der Waals surface area contributed by atoms with Crippen LogP contribution in [0.1, 0.15) is 22.8 Å². The van der Waals surface area contributed by atoms with Crippen molar-refractivity contribution in [3.8, 4) is 0 Å². The van der Waals surface area contributed by atoms with Gasteiger partial charge in [-0.25, -0.2) is 13.2 Å². The van der Waals surface area contributed by atoms with Crippen molar-refractivity contribution in [3.05, 3.63) is 108 Å². The molecule has 0 saturated carbocycles. The van der Waals surface area contributed by atoms with E-state index in [9.17, 15) is 18.0 Å². The van der Waals surface area contributed by atoms with Crippen LogP contribution in [-0.2, 0) is 21.0 Å². The van der Waals surface area contributed by atoms with Crippen molar-refractivity contribution in [1.82, 2.24) is 10.2 Å². The van der Waals surface area contributed by atoms with Crippen molar-refractivity contribution in [2.75, 3.05) is 44.3 Å². The van der Waals surface area contributed by atoms with Gasteiger partial charge >= 0.3 is 6.03 Å². The van der Waals surface area contributed by atoms with Crippen molar-refractivity contribution in [1.29, 1.82) is 0 Å². The van der Waals surface area contributed by atoms with E-state index in [2.05, 4.69) is 5.32 Å². The molecule has 2 atom stereocenters. The van der Waals surface area contributed by atoms with Crippen LogP contribution in [0.25, 0.3) is 10.8 Å². The van der Waals surface area contributed by atoms with Crippen LogP contribution >= 0.6 is 0 Å². The second-order valence-corrected chi connectivity index (χ2v) is 13.0. The summed E-state index contributed by atoms with van der Waals surface area (Å²) in [6.07, 6.45) is 0.626. The lowest BCUT2D eigenvalue weighted by molar-refractivity contribution is 0.0543. The average molecular weight is 615 g/mol. The molecule has 0 aliphatic carbocycles. The molecule has 0 spiro atoms. The number of ether oxygens (including phenoxy) is 1. The number of amides is 2. The van der Waals surface area contributed by atoms with E-state index >= 15 is 0 Å². The molecule has 1 aliphatic rings. The number of Topliss-reactive ketones (excluding diaryl/α,β-unsaturated/α-hetero) is 1. The molecule has 0 radical (unpaired) electrons. The molecule has 3 N–H and O–H groups in total. The van der Waals surface area contributed by atoms with Crippen LogP contribution in [-0.4, -0.2) is 75.9 Å². The number of fused-ring (bicyclic) bond motifs is 1. The summed E-state index contributed by atoms with van der Waals surface area (Å²) in [4.78, 5) is 31.1. The first-order chi connectivity index (χ1) is 21.3. The zero-order valence-electron chi connectivity index (χ0n) is 24.8. The maximum Gasteiger partial charge on any atom is 0.325 e. The first kappa shape index (κ1) is 31.3. The molecule has 1 unspecified atom stereocenters. The first-order valence-corrected chi connectivity index (χ1v) is 16.3. The molecule has 0 aromatic heterocycles. The van der Waals surface area contributed by atoms with Gasteiger partial charge in [-0.15, -0.1) is 0 Å². The third-order valence-corrected chi connectivity index (χ3v) is 9.80. The summed E-state index contributed by atoms with van der Waals surface area (Å²) in [5.41, 5.74) is 8.13. The van der Waals surface area contributed by atoms with Gasteiger partial charge in [0, 0.05) is 30.9 Å². The van der Waals surface area contributed by atoms with Crippen LogP contribution in [0.4, 0.5) is 10.5 Å². The van der Waals surface area contributed by atoms with Crippen molar-refractivity contribution in [2.45, 2.75) is 29.7 Å². The Morgan fingerprint density at radius 1 is 0.909 bits per heavy atom. The van der Waals surface area contributed by atoms with Crippen LogP contribution in [0.15, 0.2) is 102 Å². The van der Waals surface area contributed by atoms with Gasteiger partial charge < -0.3 is 20.7 Å². The molecule has 1 fully saturated rings. The van der Waals surface area contributed by atoms with E-state index in [1.54, 1.807) is 59.2 Å². The minimum atomic E-state index is -3.62. The number of anilines is 1. The monoisotopic (exact) mass is 614 g/mol. The van der Waals surface area contributed by atoms with E-state index in [4.69, 9.17) is 10.5 Å². The van der Waals surface area contributed by atoms with Gasteiger partial charge in [-0.1, -0.05) is 72.8 Å². The number of nitrogens with zero attached hydrogens (tertiary/aromatic N) is 2. The second-order valence-electron chi connectivity index (χ2n) is 10.9. The van der Waals surface area contributed by atoms with Crippen LogP contribution in [0, 0.1) is 0 Å². The highest BCUT2D eigenvalue weighted by molar-refractivity contribution is 7.92. The molecular formula is C34H38N4O5S. The summed E-state index contributed by atoms with van der Waals surface area (Å²) in [5.74, 6) is -0.165. The molecule has 9 nitrogen and oxygen atoms in total. The van der Waals surface area contributed by atoms with Crippen molar-refractivity contribution in [3.63, 3.8) is 0 Å². The topological polar surface area (TPSA) is 122 Å². The van der Waals surface area contributed by atoms with Gasteiger partial charge in [0.2, 0.25) is 0 Å². The van der Waals surface area contributed by atoms with Gasteiger partial charge in [0.1, 0.15) is 5.37 Å². The molecule has 1 heterocycles. The number of sulfone groups is 1. The number of hydrogen-bond acceptors (Lipinski definition) is 7. The van der Waals surface area contributed by atoms with E-state index in [-0.39, 0.29) is 23.3 Å². The number of carbonyl (C=O) groups excluding carboxylic acids is 2. The average Bonchev–Trinajstić information content (AvgIpc) is 3.07. The highest BCUT2D eigenvalue weighted by Crippen LogP contribution is 2.27. The fourth-order valence-corrected chi connectivity index (χ4v) is 6.52. The molecule has 10 heteroatoms. The zero-order valence-corrected chi connectivity index (χ0v) is 25.6. The molecule has 5 rings (SSSR count). The molecule has 4 aromatic rings. The number of benzene rings is 4. The number of morpholine rings is 1. The van der Waals surface area contributed by atoms with Crippen molar-refractivity contribution in [2.24, 2.45) is 5.73 Å². The Balaban J connectivity index is 1.24. The van der Waals surface area contributed by atoms with Crippen LogP contribution in [0.5, 0.6) is 0 Å². The number of ketones is 1. The Bertz CT molecular complexity index is 1690. The molecule has 2 amide bonds. The lowest BCUT2D eigenvalue weighted by atomic mass is 10.0. The predicted molar refractivity (Wildman–Crippen MR) is 173 cm³/mol. The number of urea groups is 1. The number of nitrogens with one attached hydrogen (secondary N) is 1. The van der Waals surface area contributed by atoms with Crippen LogP contribution < -0.4 is 16.0 Å². The Morgan fingerprint density at radius 2 is 1.57 bits per heavy atom. The Hall–Kier alpha value is -4.09. The fraction of sp³-hybridized carbons (Fsp3) is 0.294. The molecule has 44 heavy (non-hydrogen) atoms. The van der Waals surface area contributed by atoms with Crippen molar-refractivity contribution >= 4 is 38.1 Å². The third-order valence-electron chi connectivity index (χ3n) is 7.91. The second kappa shape index (κ2) is 14.1. The molecule has 1 saturated heterocycles. The van der Waals surface area contributed by atoms with E-state index in [1.165, 1.54) is 0 Å². The number of carbonyl (C=O) groups is 2. The summed E-state index contributed by atoms with van der Waals surface area (Å²) >= 11 is 0. The summed E-state index contributed by atoms with van der Waals surface area (Å²) < 4.78 is 30.7. The van der Waals surface area contributed by atoms with Gasteiger partial charge in [0.25, 0.3) is 0 Å². The summed E-state index contributed by atoms with van der Waals surface area (Å²) in [7, 11) is -3.62. The van der Waals surface area contributed by atoms with E-state index in [0.717, 1.165) is 16.3 Å². The highest BCUT2D eigenvalue weighted by Gasteiger charge is 2.32. The van der Waals surface area contributed by atoms with E-state index in [0.29, 0.717) is 50.5 Å². The summed E-state index contributed by atoms with van der Waals surface area (Å²) in [6.45, 7) is 4.26. The van der Waals surface area contributed by atoms with Crippen LogP contribution in [0.3, 0.4) is 0 Å². The number of rotatable bonds is 11. The van der Waals surface area contributed by atoms with Gasteiger partial charge in [-0.05, 0) is 60.5 Å². The maximum atomic E-state index is 13.8. The number of hydrogen-bond donors (Lipinski definition) is 2. The largest absolute Gasteiger partial charge is 0.378 e. The van der Waals surface area contributed by atoms with Crippen molar-refractivity contribution < 1.29 is 22.7 Å². The van der Waals surface area contributed by atoms with E-state index < -0.39 is 21.3 Å². The smallest absolute Gasteiger partial charge is 0.325 e. The van der Waals surface area contributed by atoms with Gasteiger partial charge in [-0.2, -0.15) is 0 Å². The maximum absolute atomic E-state index is 13.8. The zero-order chi connectivity index (χ0) is 31.1. The quantitative estimate of drug-likeness (QED) is 0.191. The summed E-state index contributed by atoms with van der Waals surface area (Å²) in [5, 5.41) is 4.11. The number of nitrogens with two attached hydrogens (primary N) is 1. The predicted octanol–water partition coefficient (Wildman–Crippen LogP) is 4.26. The molecule has 230 valence electrons. The normalized spacial score (nSPS) is 15.1. The molecule has 4 aromatic carbocycles. The lowest BCUT2D eigenvalue weighted by Crippen LogP contribution is -2.53. The minimum Gasteiger partial charge on any atom is -0.378 e. The van der Waals surface area contributed by atoms with Gasteiger partial charge in [-0.3, -0.25) is 9.69 Å².